The van der Waals surface area contributed by atoms with E-state index in [1.54, 1.807) is 6.26 Å². The average Bonchev–Trinajstić information content (AvgIpc) is 3.51. The molecule has 134 valence electrons. The predicted molar refractivity (Wildman–Crippen MR) is 91.9 cm³/mol. The van der Waals surface area contributed by atoms with Crippen molar-refractivity contribution in [2.24, 2.45) is 11.8 Å². The molecule has 0 bridgehead atoms. The molecule has 5 rings (SSSR count). The van der Waals surface area contributed by atoms with Crippen LogP contribution in [-0.2, 0) is 24.4 Å². The van der Waals surface area contributed by atoms with Crippen molar-refractivity contribution in [3.63, 3.8) is 0 Å². The molecule has 0 unspecified atom stereocenters. The number of fused-ring (bicyclic) bond motifs is 1. The van der Waals surface area contributed by atoms with E-state index in [0.29, 0.717) is 5.92 Å². The van der Waals surface area contributed by atoms with Crippen LogP contribution in [-0.4, -0.2) is 39.7 Å². The molecule has 2 saturated carbocycles. The van der Waals surface area contributed by atoms with Gasteiger partial charge in [-0.2, -0.15) is 0 Å². The second-order valence-electron chi connectivity index (χ2n) is 8.03. The lowest BCUT2D eigenvalue weighted by Crippen LogP contribution is -2.36. The van der Waals surface area contributed by atoms with Gasteiger partial charge in [-0.3, -0.25) is 4.90 Å². The Bertz CT molecular complexity index is 703. The van der Waals surface area contributed by atoms with Crippen molar-refractivity contribution in [2.75, 3.05) is 19.8 Å². The molecule has 1 atom stereocenters. The van der Waals surface area contributed by atoms with E-state index in [0.717, 1.165) is 56.9 Å². The quantitative estimate of drug-likeness (QED) is 0.738. The first-order valence-corrected chi connectivity index (χ1v) is 9.58. The van der Waals surface area contributed by atoms with Gasteiger partial charge >= 0.3 is 0 Å². The smallest absolute Gasteiger partial charge is 0.100 e. The van der Waals surface area contributed by atoms with Crippen molar-refractivity contribution in [2.45, 2.75) is 51.2 Å². The summed E-state index contributed by atoms with van der Waals surface area (Å²) in [6, 6.07) is 2.04. The molecule has 1 aliphatic heterocycles. The third-order valence-corrected chi connectivity index (χ3v) is 5.57. The standard InChI is InChI=1S/C19H26N4O2/c1-2-14(1)8-23-19-17(13-25-11-15-3-4-15)9-22(10-18(19)20-21-23)7-16-5-6-24-12-16/h5-6,12,14-15,17H,1-4,7-11,13H2/t17-/m1/s1. The lowest BCUT2D eigenvalue weighted by molar-refractivity contribution is 0.0861. The molecule has 0 spiro atoms. The fourth-order valence-electron chi connectivity index (χ4n) is 3.82. The van der Waals surface area contributed by atoms with Gasteiger partial charge in [-0.05, 0) is 43.6 Å². The van der Waals surface area contributed by atoms with E-state index in [4.69, 9.17) is 9.15 Å². The SMILES string of the molecule is c1cc(CN2Cc3nnn(CC4CC4)c3[C@@H](COCC3CC3)C2)co1. The van der Waals surface area contributed by atoms with Crippen LogP contribution in [0.2, 0.25) is 0 Å². The highest BCUT2D eigenvalue weighted by Crippen LogP contribution is 2.35. The molecule has 2 aromatic heterocycles. The molecular weight excluding hydrogens is 316 g/mol. The van der Waals surface area contributed by atoms with E-state index in [2.05, 4.69) is 19.9 Å². The van der Waals surface area contributed by atoms with Gasteiger partial charge in [0.05, 0.1) is 24.8 Å². The maximum Gasteiger partial charge on any atom is 0.100 e. The number of nitrogens with zero attached hydrogens (tertiary/aromatic N) is 4. The summed E-state index contributed by atoms with van der Waals surface area (Å²) in [6.07, 6.45) is 8.92. The molecule has 6 nitrogen and oxygen atoms in total. The molecule has 0 aromatic carbocycles. The monoisotopic (exact) mass is 342 g/mol. The minimum absolute atomic E-state index is 0.364. The topological polar surface area (TPSA) is 56.3 Å². The van der Waals surface area contributed by atoms with Crippen LogP contribution in [0.4, 0.5) is 0 Å². The van der Waals surface area contributed by atoms with Gasteiger partial charge in [0.2, 0.25) is 0 Å². The van der Waals surface area contributed by atoms with Crippen LogP contribution in [0.5, 0.6) is 0 Å². The van der Waals surface area contributed by atoms with Crippen LogP contribution in [0.15, 0.2) is 23.0 Å². The van der Waals surface area contributed by atoms with Crippen LogP contribution in [0.25, 0.3) is 0 Å². The van der Waals surface area contributed by atoms with E-state index < -0.39 is 0 Å². The molecule has 2 aliphatic carbocycles. The van der Waals surface area contributed by atoms with E-state index in [-0.39, 0.29) is 0 Å². The molecule has 0 saturated heterocycles. The van der Waals surface area contributed by atoms with Crippen LogP contribution in [0.1, 0.15) is 48.6 Å². The molecule has 2 aromatic rings. The highest BCUT2D eigenvalue weighted by Gasteiger charge is 2.33. The maximum atomic E-state index is 6.07. The molecule has 0 radical (unpaired) electrons. The summed E-state index contributed by atoms with van der Waals surface area (Å²) in [7, 11) is 0. The number of aromatic nitrogens is 3. The van der Waals surface area contributed by atoms with E-state index in [1.165, 1.54) is 36.9 Å². The van der Waals surface area contributed by atoms with Crippen molar-refractivity contribution in [1.82, 2.24) is 19.9 Å². The zero-order valence-corrected chi connectivity index (χ0v) is 14.6. The summed E-state index contributed by atoms with van der Waals surface area (Å²) in [4.78, 5) is 2.44. The Morgan fingerprint density at radius 1 is 1.16 bits per heavy atom. The largest absolute Gasteiger partial charge is 0.472 e. The van der Waals surface area contributed by atoms with Crippen molar-refractivity contribution >= 4 is 0 Å². The first-order valence-electron chi connectivity index (χ1n) is 9.58. The molecule has 0 amide bonds. The lowest BCUT2D eigenvalue weighted by atomic mass is 9.98. The lowest BCUT2D eigenvalue weighted by Gasteiger charge is -2.32. The zero-order valence-electron chi connectivity index (χ0n) is 14.6. The second-order valence-corrected chi connectivity index (χ2v) is 8.03. The maximum absolute atomic E-state index is 6.07. The molecule has 25 heavy (non-hydrogen) atoms. The summed E-state index contributed by atoms with van der Waals surface area (Å²) in [5, 5.41) is 9.00. The Kier molecular flexibility index (Phi) is 4.10. The summed E-state index contributed by atoms with van der Waals surface area (Å²) in [5.41, 5.74) is 3.67. The van der Waals surface area contributed by atoms with Crippen molar-refractivity contribution in [3.8, 4) is 0 Å². The van der Waals surface area contributed by atoms with Crippen LogP contribution in [0, 0.1) is 11.8 Å². The van der Waals surface area contributed by atoms with Gasteiger partial charge in [-0.15, -0.1) is 5.10 Å². The summed E-state index contributed by atoms with van der Waals surface area (Å²) in [6.45, 7) is 5.49. The summed E-state index contributed by atoms with van der Waals surface area (Å²) in [5.74, 6) is 1.98. The molecule has 0 N–H and O–H groups in total. The van der Waals surface area contributed by atoms with Gasteiger partial charge in [0.25, 0.3) is 0 Å². The minimum Gasteiger partial charge on any atom is -0.472 e. The van der Waals surface area contributed by atoms with Gasteiger partial charge in [0, 0.05) is 44.3 Å². The third kappa shape index (κ3) is 3.65. The Morgan fingerprint density at radius 2 is 2.04 bits per heavy atom. The molecule has 2 fully saturated rings. The van der Waals surface area contributed by atoms with Crippen molar-refractivity contribution in [1.29, 1.82) is 0 Å². The van der Waals surface area contributed by atoms with Crippen LogP contribution >= 0.6 is 0 Å². The molecule has 6 heteroatoms. The first-order chi connectivity index (χ1) is 12.3. The van der Waals surface area contributed by atoms with E-state index in [1.807, 2.05) is 12.3 Å². The summed E-state index contributed by atoms with van der Waals surface area (Å²) < 4.78 is 13.5. The van der Waals surface area contributed by atoms with E-state index in [9.17, 15) is 0 Å². The van der Waals surface area contributed by atoms with Gasteiger partial charge < -0.3 is 9.15 Å². The highest BCUT2D eigenvalue weighted by molar-refractivity contribution is 5.21. The Hall–Kier alpha value is -1.66. The van der Waals surface area contributed by atoms with Gasteiger partial charge in [-0.25, -0.2) is 4.68 Å². The zero-order chi connectivity index (χ0) is 16.6. The number of furan rings is 1. The number of hydrogen-bond donors (Lipinski definition) is 0. The normalized spacial score (nSPS) is 23.8. The van der Waals surface area contributed by atoms with Gasteiger partial charge in [0.15, 0.2) is 0 Å². The van der Waals surface area contributed by atoms with Gasteiger partial charge in [0.1, 0.15) is 5.69 Å². The Labute approximate surface area is 148 Å². The van der Waals surface area contributed by atoms with Gasteiger partial charge in [-0.1, -0.05) is 5.21 Å². The van der Waals surface area contributed by atoms with Crippen LogP contribution < -0.4 is 0 Å². The molecular formula is C19H26N4O2. The average molecular weight is 342 g/mol. The second kappa shape index (κ2) is 6.57. The predicted octanol–water partition coefficient (Wildman–Crippen LogP) is 2.81. The van der Waals surface area contributed by atoms with Crippen molar-refractivity contribution < 1.29 is 9.15 Å². The molecule has 3 aliphatic rings. The number of rotatable bonds is 8. The number of ether oxygens (including phenoxy) is 1. The minimum atomic E-state index is 0.364. The number of hydrogen-bond acceptors (Lipinski definition) is 5. The Morgan fingerprint density at radius 3 is 2.80 bits per heavy atom. The first kappa shape index (κ1) is 15.6. The fraction of sp³-hybridized carbons (Fsp3) is 0.684. The summed E-state index contributed by atoms with van der Waals surface area (Å²) >= 11 is 0. The fourth-order valence-corrected chi connectivity index (χ4v) is 3.82. The van der Waals surface area contributed by atoms with Crippen molar-refractivity contribution in [3.05, 3.63) is 35.5 Å². The highest BCUT2D eigenvalue weighted by atomic mass is 16.5. The third-order valence-electron chi connectivity index (χ3n) is 5.57. The molecule has 3 heterocycles. The van der Waals surface area contributed by atoms with Crippen LogP contribution in [0.3, 0.4) is 0 Å². The van der Waals surface area contributed by atoms with E-state index >= 15 is 0 Å². The Balaban J connectivity index is 1.32.